The fourth-order valence-corrected chi connectivity index (χ4v) is 2.06. The van der Waals surface area contributed by atoms with Crippen molar-refractivity contribution < 1.29 is 13.2 Å². The maximum Gasteiger partial charge on any atom is 0.446 e. The monoisotopic (exact) mass is 228 g/mol. The molecule has 0 bridgehead atoms. The third-order valence-electron chi connectivity index (χ3n) is 1.68. The second kappa shape index (κ2) is 4.42. The van der Waals surface area contributed by atoms with Crippen LogP contribution in [0.5, 0.6) is 0 Å². The first-order valence-corrected chi connectivity index (χ1v) is 5.04. The summed E-state index contributed by atoms with van der Waals surface area (Å²) in [5.74, 6) is 0. The molecule has 74 valence electrons. The third-order valence-corrected chi connectivity index (χ3v) is 2.86. The molecule has 0 aromatic carbocycles. The molecular formula is C8H8ClF3S. The molecule has 0 aliphatic heterocycles. The van der Waals surface area contributed by atoms with Crippen molar-refractivity contribution in [2.24, 2.45) is 0 Å². The Bertz CT molecular complexity index is 242. The smallest absolute Gasteiger partial charge is 0.160 e. The highest BCUT2D eigenvalue weighted by molar-refractivity contribution is 8.04. The van der Waals surface area contributed by atoms with E-state index < -0.39 is 5.51 Å². The zero-order valence-electron chi connectivity index (χ0n) is 6.70. The summed E-state index contributed by atoms with van der Waals surface area (Å²) < 4.78 is 35.9. The predicted octanol–water partition coefficient (Wildman–Crippen LogP) is 4.43. The largest absolute Gasteiger partial charge is 0.446 e. The predicted molar refractivity (Wildman–Crippen MR) is 49.5 cm³/mol. The van der Waals surface area contributed by atoms with Crippen LogP contribution >= 0.6 is 23.4 Å². The van der Waals surface area contributed by atoms with E-state index in [-0.39, 0.29) is 16.7 Å². The number of alkyl halides is 3. The van der Waals surface area contributed by atoms with E-state index in [4.69, 9.17) is 11.6 Å². The summed E-state index contributed by atoms with van der Waals surface area (Å²) in [7, 11) is 0. The lowest BCUT2D eigenvalue weighted by atomic mass is 10.2. The minimum absolute atomic E-state index is 0.131. The fraction of sp³-hybridized carbons (Fsp3) is 0.500. The van der Waals surface area contributed by atoms with Crippen LogP contribution in [-0.2, 0) is 0 Å². The molecule has 0 saturated carbocycles. The molecule has 0 radical (unpaired) electrons. The zero-order chi connectivity index (χ0) is 9.90. The summed E-state index contributed by atoms with van der Waals surface area (Å²) in [4.78, 5) is 0.131. The van der Waals surface area contributed by atoms with E-state index in [2.05, 4.69) is 0 Å². The molecule has 0 N–H and O–H groups in total. The Morgan fingerprint density at radius 1 is 1.54 bits per heavy atom. The second-order valence-corrected chi connectivity index (χ2v) is 3.97. The summed E-state index contributed by atoms with van der Waals surface area (Å²) in [5, 5.41) is 0. The highest BCUT2D eigenvalue weighted by atomic mass is 35.5. The Hall–Kier alpha value is -0.0900. The minimum Gasteiger partial charge on any atom is -0.160 e. The first-order chi connectivity index (χ1) is 6.03. The van der Waals surface area contributed by atoms with Crippen molar-refractivity contribution in [2.45, 2.75) is 24.8 Å². The lowest BCUT2D eigenvalue weighted by Gasteiger charge is -2.09. The number of thioether (sulfide) groups is 1. The molecule has 1 aliphatic rings. The molecule has 0 spiro atoms. The number of rotatable bonds is 2. The number of hydrogen-bond acceptors (Lipinski definition) is 1. The van der Waals surface area contributed by atoms with E-state index in [0.717, 1.165) is 23.9 Å². The molecule has 13 heavy (non-hydrogen) atoms. The summed E-state index contributed by atoms with van der Waals surface area (Å²) in [6.45, 7) is 0. The molecule has 0 amide bonds. The van der Waals surface area contributed by atoms with Crippen LogP contribution in [-0.4, -0.2) is 5.51 Å². The van der Waals surface area contributed by atoms with E-state index >= 15 is 0 Å². The Morgan fingerprint density at radius 2 is 2.23 bits per heavy atom. The van der Waals surface area contributed by atoms with Gasteiger partial charge >= 0.3 is 5.51 Å². The standard InChI is InChI=1S/C8H8ClF3S/c9-5-7(13-8(10,11)12)6-3-1-2-4-6/h3,5H,1-2,4H2/b7-5+. The average molecular weight is 229 g/mol. The number of halogens is 4. The molecule has 5 heteroatoms. The molecule has 0 unspecified atom stereocenters. The van der Waals surface area contributed by atoms with E-state index in [1.165, 1.54) is 0 Å². The van der Waals surface area contributed by atoms with E-state index in [0.29, 0.717) is 6.42 Å². The molecule has 0 saturated heterocycles. The molecule has 0 heterocycles. The van der Waals surface area contributed by atoms with Crippen LogP contribution in [0.2, 0.25) is 0 Å². The Morgan fingerprint density at radius 3 is 2.62 bits per heavy atom. The van der Waals surface area contributed by atoms with Gasteiger partial charge < -0.3 is 0 Å². The van der Waals surface area contributed by atoms with Crippen molar-refractivity contribution >= 4 is 23.4 Å². The Balaban J connectivity index is 2.64. The van der Waals surface area contributed by atoms with E-state index in [9.17, 15) is 13.2 Å². The van der Waals surface area contributed by atoms with Gasteiger partial charge in [0.15, 0.2) is 0 Å². The fourth-order valence-electron chi connectivity index (χ4n) is 1.18. The maximum absolute atomic E-state index is 12.0. The highest BCUT2D eigenvalue weighted by Crippen LogP contribution is 2.42. The second-order valence-electron chi connectivity index (χ2n) is 2.64. The normalized spacial score (nSPS) is 19.1. The molecule has 0 atom stereocenters. The van der Waals surface area contributed by atoms with Gasteiger partial charge in [0.1, 0.15) is 0 Å². The number of hydrogen-bond donors (Lipinski definition) is 0. The molecular weight excluding hydrogens is 221 g/mol. The summed E-state index contributed by atoms with van der Waals surface area (Å²) in [6, 6.07) is 0. The lowest BCUT2D eigenvalue weighted by Crippen LogP contribution is -2.00. The Labute approximate surface area is 83.8 Å². The van der Waals surface area contributed by atoms with Gasteiger partial charge in [-0.2, -0.15) is 13.2 Å². The van der Waals surface area contributed by atoms with Gasteiger partial charge in [0.05, 0.1) is 0 Å². The molecule has 0 nitrogen and oxygen atoms in total. The third kappa shape index (κ3) is 3.65. The van der Waals surface area contributed by atoms with Crippen molar-refractivity contribution in [3.8, 4) is 0 Å². The molecule has 1 rings (SSSR count). The van der Waals surface area contributed by atoms with Gasteiger partial charge in [-0.25, -0.2) is 0 Å². The summed E-state index contributed by atoms with van der Waals surface area (Å²) in [6.07, 6.45) is 4.28. The van der Waals surface area contributed by atoms with E-state index in [1.807, 2.05) is 6.08 Å². The first-order valence-electron chi connectivity index (χ1n) is 3.78. The van der Waals surface area contributed by atoms with Crippen LogP contribution in [0.25, 0.3) is 0 Å². The molecule has 0 aromatic rings. The SMILES string of the molecule is FC(F)(F)S/C(=C/Cl)C1=CCCC1. The number of allylic oxidation sites excluding steroid dienone is 2. The Kier molecular flexibility index (Phi) is 3.74. The van der Waals surface area contributed by atoms with Gasteiger partial charge in [0.2, 0.25) is 0 Å². The van der Waals surface area contributed by atoms with Crippen molar-refractivity contribution in [3.05, 3.63) is 22.1 Å². The molecule has 0 aromatic heterocycles. The van der Waals surface area contributed by atoms with Gasteiger partial charge in [-0.15, -0.1) is 0 Å². The van der Waals surface area contributed by atoms with Crippen LogP contribution in [0.15, 0.2) is 22.1 Å². The van der Waals surface area contributed by atoms with Crippen LogP contribution < -0.4 is 0 Å². The molecule has 0 fully saturated rings. The quantitative estimate of drug-likeness (QED) is 0.674. The van der Waals surface area contributed by atoms with Gasteiger partial charge in [0, 0.05) is 10.4 Å². The van der Waals surface area contributed by atoms with Crippen LogP contribution in [0.3, 0.4) is 0 Å². The summed E-state index contributed by atoms with van der Waals surface area (Å²) >= 11 is 5.19. The van der Waals surface area contributed by atoms with E-state index in [1.54, 1.807) is 0 Å². The first kappa shape index (κ1) is 11.0. The molecule has 1 aliphatic carbocycles. The highest BCUT2D eigenvalue weighted by Gasteiger charge is 2.31. The van der Waals surface area contributed by atoms with Crippen LogP contribution in [0.1, 0.15) is 19.3 Å². The van der Waals surface area contributed by atoms with Gasteiger partial charge in [-0.05, 0) is 36.6 Å². The van der Waals surface area contributed by atoms with Gasteiger partial charge in [0.25, 0.3) is 0 Å². The van der Waals surface area contributed by atoms with Gasteiger partial charge in [-0.3, -0.25) is 0 Å². The summed E-state index contributed by atoms with van der Waals surface area (Å²) in [5.41, 5.74) is -2.52. The zero-order valence-corrected chi connectivity index (χ0v) is 8.27. The van der Waals surface area contributed by atoms with Crippen LogP contribution in [0.4, 0.5) is 13.2 Å². The minimum atomic E-state index is -4.25. The lowest BCUT2D eigenvalue weighted by molar-refractivity contribution is -0.0321. The topological polar surface area (TPSA) is 0 Å². The van der Waals surface area contributed by atoms with Crippen LogP contribution in [0, 0.1) is 0 Å². The maximum atomic E-state index is 12.0. The van der Waals surface area contributed by atoms with Crippen molar-refractivity contribution in [2.75, 3.05) is 0 Å². The van der Waals surface area contributed by atoms with Crippen molar-refractivity contribution in [1.29, 1.82) is 0 Å². The van der Waals surface area contributed by atoms with Crippen molar-refractivity contribution in [3.63, 3.8) is 0 Å². The van der Waals surface area contributed by atoms with Gasteiger partial charge in [-0.1, -0.05) is 17.7 Å². The van der Waals surface area contributed by atoms with Crippen molar-refractivity contribution in [1.82, 2.24) is 0 Å². The average Bonchev–Trinajstić information content (AvgIpc) is 2.50.